The fourth-order valence-corrected chi connectivity index (χ4v) is 3.43. The molecule has 0 amide bonds. The summed E-state index contributed by atoms with van der Waals surface area (Å²) < 4.78 is 0. The predicted octanol–water partition coefficient (Wildman–Crippen LogP) is 4.61. The van der Waals surface area contributed by atoms with Gasteiger partial charge in [0.15, 0.2) is 0 Å². The first-order valence-electron chi connectivity index (χ1n) is 8.27. The average Bonchev–Trinajstić information content (AvgIpc) is 2.53. The lowest BCUT2D eigenvalue weighted by molar-refractivity contribution is 0.330. The topological polar surface area (TPSA) is 29.3 Å². The molecule has 3 rings (SSSR count). The summed E-state index contributed by atoms with van der Waals surface area (Å²) in [7, 11) is 0. The number of unbranched alkanes of at least 4 members (excludes halogenated alkanes) is 1. The molecule has 120 valence electrons. The SMILES string of the molecule is CCCCC1CN(c2ccc3ccccc3c2)CCC1N.Cl. The highest BCUT2D eigenvalue weighted by Crippen LogP contribution is 2.28. The van der Waals surface area contributed by atoms with Crippen LogP contribution in [0.15, 0.2) is 42.5 Å². The molecule has 3 heteroatoms. The number of nitrogens with zero attached hydrogens (tertiary/aromatic N) is 1. The van der Waals surface area contributed by atoms with E-state index in [4.69, 9.17) is 5.73 Å². The molecule has 1 aliphatic rings. The van der Waals surface area contributed by atoms with Crippen LogP contribution in [0.1, 0.15) is 32.6 Å². The third-order valence-electron chi connectivity index (χ3n) is 4.82. The van der Waals surface area contributed by atoms with E-state index < -0.39 is 0 Å². The number of nitrogens with two attached hydrogens (primary N) is 1. The summed E-state index contributed by atoms with van der Waals surface area (Å²) in [6.07, 6.45) is 4.94. The van der Waals surface area contributed by atoms with Gasteiger partial charge in [-0.15, -0.1) is 12.4 Å². The molecular formula is C19H27ClN2. The quantitative estimate of drug-likeness (QED) is 0.892. The zero-order valence-corrected chi connectivity index (χ0v) is 14.2. The lowest BCUT2D eigenvalue weighted by atomic mass is 9.88. The van der Waals surface area contributed by atoms with E-state index in [0.29, 0.717) is 12.0 Å². The van der Waals surface area contributed by atoms with Gasteiger partial charge in [-0.3, -0.25) is 0 Å². The second-order valence-electron chi connectivity index (χ2n) is 6.33. The molecule has 1 saturated heterocycles. The van der Waals surface area contributed by atoms with Gasteiger partial charge in [-0.25, -0.2) is 0 Å². The minimum absolute atomic E-state index is 0. The van der Waals surface area contributed by atoms with E-state index >= 15 is 0 Å². The molecular weight excluding hydrogens is 292 g/mol. The summed E-state index contributed by atoms with van der Waals surface area (Å²) in [5.41, 5.74) is 7.67. The van der Waals surface area contributed by atoms with Crippen LogP contribution in [0.3, 0.4) is 0 Å². The lowest BCUT2D eigenvalue weighted by Gasteiger charge is -2.38. The number of anilines is 1. The zero-order chi connectivity index (χ0) is 14.7. The standard InChI is InChI=1S/C19H26N2.ClH/c1-2-3-6-17-14-21(12-11-19(17)20)18-10-9-15-7-4-5-8-16(15)13-18;/h4-5,7-10,13,17,19H,2-3,6,11-12,14,20H2,1H3;1H. The van der Waals surface area contributed by atoms with Gasteiger partial charge in [0.25, 0.3) is 0 Å². The van der Waals surface area contributed by atoms with Crippen LogP contribution < -0.4 is 10.6 Å². The van der Waals surface area contributed by atoms with Crippen LogP contribution in [0.25, 0.3) is 10.8 Å². The minimum Gasteiger partial charge on any atom is -0.371 e. The van der Waals surface area contributed by atoms with Gasteiger partial charge in [-0.1, -0.05) is 50.1 Å². The average molecular weight is 319 g/mol. The van der Waals surface area contributed by atoms with Crippen LogP contribution in [-0.4, -0.2) is 19.1 Å². The molecule has 2 aromatic carbocycles. The van der Waals surface area contributed by atoms with Crippen molar-refractivity contribution in [3.8, 4) is 0 Å². The Kier molecular flexibility index (Phi) is 6.10. The molecule has 22 heavy (non-hydrogen) atoms. The van der Waals surface area contributed by atoms with Gasteiger partial charge in [-0.2, -0.15) is 0 Å². The number of rotatable bonds is 4. The van der Waals surface area contributed by atoms with Crippen molar-refractivity contribution in [3.05, 3.63) is 42.5 Å². The molecule has 0 radical (unpaired) electrons. The molecule has 0 saturated carbocycles. The molecule has 1 aliphatic heterocycles. The Labute approximate surface area is 140 Å². The molecule has 0 spiro atoms. The van der Waals surface area contributed by atoms with E-state index in [-0.39, 0.29) is 12.4 Å². The first kappa shape index (κ1) is 17.1. The fraction of sp³-hybridized carbons (Fsp3) is 0.474. The van der Waals surface area contributed by atoms with E-state index in [0.717, 1.165) is 19.5 Å². The predicted molar refractivity (Wildman–Crippen MR) is 99.0 cm³/mol. The Morgan fingerprint density at radius 1 is 1.14 bits per heavy atom. The van der Waals surface area contributed by atoms with Crippen LogP contribution in [0.2, 0.25) is 0 Å². The number of hydrogen-bond donors (Lipinski definition) is 1. The second kappa shape index (κ2) is 7.85. The Morgan fingerprint density at radius 3 is 2.68 bits per heavy atom. The molecule has 0 aliphatic carbocycles. The highest BCUT2D eigenvalue weighted by atomic mass is 35.5. The smallest absolute Gasteiger partial charge is 0.0372 e. The van der Waals surface area contributed by atoms with Gasteiger partial charge in [-0.05, 0) is 41.7 Å². The Hall–Kier alpha value is -1.25. The molecule has 2 nitrogen and oxygen atoms in total. The van der Waals surface area contributed by atoms with E-state index in [1.54, 1.807) is 0 Å². The summed E-state index contributed by atoms with van der Waals surface area (Å²) in [5.74, 6) is 0.644. The van der Waals surface area contributed by atoms with Crippen LogP contribution in [-0.2, 0) is 0 Å². The summed E-state index contributed by atoms with van der Waals surface area (Å²) >= 11 is 0. The van der Waals surface area contributed by atoms with Crippen molar-refractivity contribution in [1.29, 1.82) is 0 Å². The van der Waals surface area contributed by atoms with E-state index in [1.165, 1.54) is 35.7 Å². The third-order valence-corrected chi connectivity index (χ3v) is 4.82. The maximum Gasteiger partial charge on any atom is 0.0372 e. The van der Waals surface area contributed by atoms with Gasteiger partial charge in [0.1, 0.15) is 0 Å². The molecule has 2 N–H and O–H groups in total. The maximum atomic E-state index is 6.32. The highest BCUT2D eigenvalue weighted by molar-refractivity contribution is 5.86. The minimum atomic E-state index is 0. The molecule has 0 aromatic heterocycles. The van der Waals surface area contributed by atoms with Gasteiger partial charge >= 0.3 is 0 Å². The number of fused-ring (bicyclic) bond motifs is 1. The Bertz CT molecular complexity index is 599. The Balaban J connectivity index is 0.00000176. The summed E-state index contributed by atoms with van der Waals surface area (Å²) in [6.45, 7) is 4.46. The van der Waals surface area contributed by atoms with Crippen molar-refractivity contribution in [2.75, 3.05) is 18.0 Å². The molecule has 0 bridgehead atoms. The summed E-state index contributed by atoms with van der Waals surface area (Å²) in [5, 5.41) is 2.65. The van der Waals surface area contributed by atoms with Crippen molar-refractivity contribution in [2.45, 2.75) is 38.6 Å². The van der Waals surface area contributed by atoms with E-state index in [9.17, 15) is 0 Å². The first-order valence-corrected chi connectivity index (χ1v) is 8.27. The molecule has 1 fully saturated rings. The largest absolute Gasteiger partial charge is 0.371 e. The number of halogens is 1. The summed E-state index contributed by atoms with van der Waals surface area (Å²) in [6, 6.07) is 15.8. The van der Waals surface area contributed by atoms with Crippen LogP contribution in [0, 0.1) is 5.92 Å². The van der Waals surface area contributed by atoms with Gasteiger partial charge in [0.2, 0.25) is 0 Å². The Morgan fingerprint density at radius 2 is 1.91 bits per heavy atom. The van der Waals surface area contributed by atoms with Crippen molar-refractivity contribution in [1.82, 2.24) is 0 Å². The van der Waals surface area contributed by atoms with Crippen LogP contribution in [0.5, 0.6) is 0 Å². The van der Waals surface area contributed by atoms with Crippen molar-refractivity contribution in [3.63, 3.8) is 0 Å². The zero-order valence-electron chi connectivity index (χ0n) is 13.4. The molecule has 1 heterocycles. The number of hydrogen-bond acceptors (Lipinski definition) is 2. The number of benzene rings is 2. The molecule has 2 atom stereocenters. The third kappa shape index (κ3) is 3.74. The normalized spacial score (nSPS) is 21.6. The van der Waals surface area contributed by atoms with E-state index in [1.807, 2.05) is 0 Å². The van der Waals surface area contributed by atoms with Crippen molar-refractivity contribution >= 4 is 28.9 Å². The fourth-order valence-electron chi connectivity index (χ4n) is 3.43. The number of piperidine rings is 1. The lowest BCUT2D eigenvalue weighted by Crippen LogP contribution is -2.47. The van der Waals surface area contributed by atoms with E-state index in [2.05, 4.69) is 54.3 Å². The monoisotopic (exact) mass is 318 g/mol. The second-order valence-corrected chi connectivity index (χ2v) is 6.33. The van der Waals surface area contributed by atoms with Crippen LogP contribution >= 0.6 is 12.4 Å². The molecule has 2 aromatic rings. The van der Waals surface area contributed by atoms with Gasteiger partial charge < -0.3 is 10.6 Å². The highest BCUT2D eigenvalue weighted by Gasteiger charge is 2.26. The van der Waals surface area contributed by atoms with Gasteiger partial charge in [0.05, 0.1) is 0 Å². The van der Waals surface area contributed by atoms with Gasteiger partial charge in [0, 0.05) is 24.8 Å². The van der Waals surface area contributed by atoms with Crippen molar-refractivity contribution in [2.24, 2.45) is 11.7 Å². The summed E-state index contributed by atoms with van der Waals surface area (Å²) in [4.78, 5) is 2.52. The van der Waals surface area contributed by atoms with Crippen molar-refractivity contribution < 1.29 is 0 Å². The molecule has 2 unspecified atom stereocenters. The first-order chi connectivity index (χ1) is 10.3. The van der Waals surface area contributed by atoms with Crippen LogP contribution in [0.4, 0.5) is 5.69 Å². The maximum absolute atomic E-state index is 6.32.